The maximum absolute atomic E-state index is 4.71. The summed E-state index contributed by atoms with van der Waals surface area (Å²) in [6.45, 7) is 3.38. The van der Waals surface area contributed by atoms with Crippen molar-refractivity contribution in [3.8, 4) is 11.4 Å². The highest BCUT2D eigenvalue weighted by Crippen LogP contribution is 2.23. The van der Waals surface area contributed by atoms with Crippen LogP contribution in [0.1, 0.15) is 24.8 Å². The van der Waals surface area contributed by atoms with Gasteiger partial charge in [0.25, 0.3) is 0 Å². The molecule has 1 aliphatic heterocycles. The van der Waals surface area contributed by atoms with E-state index in [0.717, 1.165) is 34.8 Å². The van der Waals surface area contributed by atoms with Crippen LogP contribution < -0.4 is 5.32 Å². The minimum absolute atomic E-state index is 0.571. The quantitative estimate of drug-likeness (QED) is 0.543. The molecule has 0 bridgehead atoms. The smallest absolute Gasteiger partial charge is 0.229 e. The second kappa shape index (κ2) is 8.20. The number of benzene rings is 1. The van der Waals surface area contributed by atoms with E-state index in [2.05, 4.69) is 49.4 Å². The van der Waals surface area contributed by atoms with Crippen LogP contribution in [0.4, 0.5) is 11.6 Å². The van der Waals surface area contributed by atoms with Gasteiger partial charge in [-0.2, -0.15) is 4.98 Å². The first-order valence-corrected chi connectivity index (χ1v) is 10.4. The lowest BCUT2D eigenvalue weighted by Crippen LogP contribution is -2.29. The summed E-state index contributed by atoms with van der Waals surface area (Å²) in [7, 11) is 1.97. The summed E-state index contributed by atoms with van der Waals surface area (Å²) >= 11 is 0. The largest absolute Gasteiger partial charge is 0.324 e. The van der Waals surface area contributed by atoms with Gasteiger partial charge in [0.05, 0.1) is 6.20 Å². The van der Waals surface area contributed by atoms with Crippen LogP contribution in [-0.4, -0.2) is 42.5 Å². The number of imidazole rings is 1. The van der Waals surface area contributed by atoms with Gasteiger partial charge in [-0.25, -0.2) is 9.97 Å². The van der Waals surface area contributed by atoms with Crippen LogP contribution in [0, 0.1) is 0 Å². The topological polar surface area (TPSA) is 71.8 Å². The fourth-order valence-electron chi connectivity index (χ4n) is 4.05. The van der Waals surface area contributed by atoms with E-state index >= 15 is 0 Å². The number of aromatic nitrogens is 5. The van der Waals surface area contributed by atoms with Crippen molar-refractivity contribution in [1.82, 2.24) is 29.4 Å². The SMILES string of the molecule is Cn1c(-c2ccncc2)nc2cnc(Nc3cccc(CN4CCCCC4)c3)nc21. The third-order valence-electron chi connectivity index (χ3n) is 5.59. The molecule has 0 radical (unpaired) electrons. The highest BCUT2D eigenvalue weighted by Gasteiger charge is 2.13. The number of nitrogens with zero attached hydrogens (tertiary/aromatic N) is 6. The van der Waals surface area contributed by atoms with Crippen LogP contribution in [0.2, 0.25) is 0 Å². The average molecular weight is 400 g/mol. The zero-order chi connectivity index (χ0) is 20.3. The number of rotatable bonds is 5. The van der Waals surface area contributed by atoms with Gasteiger partial charge in [-0.15, -0.1) is 0 Å². The molecule has 4 aromatic rings. The van der Waals surface area contributed by atoms with Crippen LogP contribution in [0.5, 0.6) is 0 Å². The number of hydrogen-bond donors (Lipinski definition) is 1. The number of piperidine rings is 1. The van der Waals surface area contributed by atoms with E-state index in [1.807, 2.05) is 23.7 Å². The number of likely N-dealkylation sites (tertiary alicyclic amines) is 1. The van der Waals surface area contributed by atoms with Crippen LogP contribution in [-0.2, 0) is 13.6 Å². The highest BCUT2D eigenvalue weighted by molar-refractivity contribution is 5.77. The molecule has 1 aliphatic rings. The minimum atomic E-state index is 0.571. The molecule has 152 valence electrons. The molecule has 1 fully saturated rings. The fraction of sp³-hybridized carbons (Fsp3) is 0.304. The van der Waals surface area contributed by atoms with E-state index < -0.39 is 0 Å². The summed E-state index contributed by atoms with van der Waals surface area (Å²) in [5.41, 5.74) is 4.88. The van der Waals surface area contributed by atoms with Crippen LogP contribution in [0.15, 0.2) is 55.0 Å². The van der Waals surface area contributed by atoms with E-state index in [9.17, 15) is 0 Å². The normalized spacial score (nSPS) is 14.8. The third kappa shape index (κ3) is 3.89. The Hall–Kier alpha value is -3.32. The number of anilines is 2. The van der Waals surface area contributed by atoms with Crippen molar-refractivity contribution >= 4 is 22.8 Å². The number of fused-ring (bicyclic) bond motifs is 1. The first-order valence-electron chi connectivity index (χ1n) is 10.4. The zero-order valence-corrected chi connectivity index (χ0v) is 17.1. The summed E-state index contributed by atoms with van der Waals surface area (Å²) in [4.78, 5) is 20.5. The Kier molecular flexibility index (Phi) is 5.11. The Labute approximate surface area is 175 Å². The van der Waals surface area contributed by atoms with Gasteiger partial charge in [0.15, 0.2) is 5.65 Å². The molecule has 0 saturated carbocycles. The Balaban J connectivity index is 1.38. The maximum Gasteiger partial charge on any atom is 0.229 e. The van der Waals surface area contributed by atoms with Crippen molar-refractivity contribution in [2.24, 2.45) is 7.05 Å². The van der Waals surface area contributed by atoms with Crippen molar-refractivity contribution < 1.29 is 0 Å². The summed E-state index contributed by atoms with van der Waals surface area (Å²) in [5.74, 6) is 1.42. The zero-order valence-electron chi connectivity index (χ0n) is 17.1. The molecule has 5 rings (SSSR count). The van der Waals surface area contributed by atoms with E-state index in [-0.39, 0.29) is 0 Å². The van der Waals surface area contributed by atoms with Gasteiger partial charge >= 0.3 is 0 Å². The molecule has 1 saturated heterocycles. The molecule has 1 aromatic carbocycles. The van der Waals surface area contributed by atoms with Gasteiger partial charge in [0, 0.05) is 37.2 Å². The monoisotopic (exact) mass is 399 g/mol. The Morgan fingerprint density at radius 3 is 2.67 bits per heavy atom. The number of hydrogen-bond acceptors (Lipinski definition) is 6. The van der Waals surface area contributed by atoms with E-state index in [4.69, 9.17) is 4.98 Å². The lowest BCUT2D eigenvalue weighted by atomic mass is 10.1. The molecular weight excluding hydrogens is 374 g/mol. The van der Waals surface area contributed by atoms with E-state index in [0.29, 0.717) is 5.95 Å². The lowest BCUT2D eigenvalue weighted by Gasteiger charge is -2.26. The number of pyridine rings is 1. The van der Waals surface area contributed by atoms with Gasteiger partial charge in [0.1, 0.15) is 11.3 Å². The summed E-state index contributed by atoms with van der Waals surface area (Å²) < 4.78 is 1.99. The Morgan fingerprint density at radius 1 is 1.00 bits per heavy atom. The summed E-state index contributed by atoms with van der Waals surface area (Å²) in [5, 5.41) is 3.36. The highest BCUT2D eigenvalue weighted by atomic mass is 15.2. The lowest BCUT2D eigenvalue weighted by molar-refractivity contribution is 0.221. The predicted octanol–water partition coefficient (Wildman–Crippen LogP) is 4.15. The Morgan fingerprint density at radius 2 is 1.83 bits per heavy atom. The third-order valence-corrected chi connectivity index (χ3v) is 5.59. The van der Waals surface area contributed by atoms with Crippen LogP contribution in [0.25, 0.3) is 22.6 Å². The van der Waals surface area contributed by atoms with Gasteiger partial charge in [-0.1, -0.05) is 18.6 Å². The average Bonchev–Trinajstić information content (AvgIpc) is 3.11. The molecule has 1 N–H and O–H groups in total. The molecule has 30 heavy (non-hydrogen) atoms. The van der Waals surface area contributed by atoms with E-state index in [1.54, 1.807) is 18.6 Å². The summed E-state index contributed by atoms with van der Waals surface area (Å²) in [6.07, 6.45) is 9.27. The number of nitrogens with one attached hydrogen (secondary N) is 1. The van der Waals surface area contributed by atoms with Gasteiger partial charge in [-0.05, 0) is 55.8 Å². The molecule has 0 aliphatic carbocycles. The first kappa shape index (κ1) is 18.7. The van der Waals surface area contributed by atoms with E-state index in [1.165, 1.54) is 37.9 Å². The van der Waals surface area contributed by atoms with Crippen LogP contribution >= 0.6 is 0 Å². The molecule has 0 spiro atoms. The predicted molar refractivity (Wildman–Crippen MR) is 118 cm³/mol. The minimum Gasteiger partial charge on any atom is -0.324 e. The molecule has 7 nitrogen and oxygen atoms in total. The van der Waals surface area contributed by atoms with Gasteiger partial charge in [-0.3, -0.25) is 9.88 Å². The fourth-order valence-corrected chi connectivity index (χ4v) is 4.05. The summed E-state index contributed by atoms with van der Waals surface area (Å²) in [6, 6.07) is 12.4. The maximum atomic E-state index is 4.71. The standard InChI is InChI=1S/C23H25N7/c1-29-21(18-8-10-24-11-9-18)27-20-15-25-23(28-22(20)29)26-19-7-5-6-17(14-19)16-30-12-3-2-4-13-30/h5-11,14-15H,2-4,12-13,16H2,1H3,(H,25,26,28). The van der Waals surface area contributed by atoms with Crippen molar-refractivity contribution in [3.63, 3.8) is 0 Å². The van der Waals surface area contributed by atoms with Crippen molar-refractivity contribution in [3.05, 3.63) is 60.6 Å². The second-order valence-corrected chi connectivity index (χ2v) is 7.79. The van der Waals surface area contributed by atoms with Crippen molar-refractivity contribution in [2.75, 3.05) is 18.4 Å². The second-order valence-electron chi connectivity index (χ2n) is 7.79. The van der Waals surface area contributed by atoms with Gasteiger partial charge < -0.3 is 9.88 Å². The molecule has 0 amide bonds. The number of aryl methyl sites for hydroxylation is 1. The van der Waals surface area contributed by atoms with Crippen molar-refractivity contribution in [1.29, 1.82) is 0 Å². The van der Waals surface area contributed by atoms with Crippen molar-refractivity contribution in [2.45, 2.75) is 25.8 Å². The first-order chi connectivity index (χ1) is 14.8. The molecule has 4 heterocycles. The van der Waals surface area contributed by atoms with Crippen LogP contribution in [0.3, 0.4) is 0 Å². The molecule has 3 aromatic heterocycles. The molecule has 7 heteroatoms. The molecule has 0 atom stereocenters. The van der Waals surface area contributed by atoms with Gasteiger partial charge in [0.2, 0.25) is 5.95 Å². The molecular formula is C23H25N7. The molecule has 0 unspecified atom stereocenters. The Bertz CT molecular complexity index is 1150.